The maximum atomic E-state index is 6.00. The number of ether oxygens (including phenoxy) is 2. The standard InChI is InChI=1S/C25H20ClN5O2/c1-31-22-6-7-27-14-21(22)20-4-2-15(8-23(20)31)16-3-5-24(28-11-16)33-18-9-17(10-18)32-19-12-29-25(26)30-13-19/h2-8,11-14,17-18H,9-10H2,1H3/t17-,18-. The molecule has 4 aromatic heterocycles. The molecule has 0 bridgehead atoms. The lowest BCUT2D eigenvalue weighted by Crippen LogP contribution is -2.41. The number of aryl methyl sites for hydroxylation is 1. The van der Waals surface area contributed by atoms with Crippen LogP contribution in [0, 0.1) is 0 Å². The van der Waals surface area contributed by atoms with Gasteiger partial charge >= 0.3 is 0 Å². The highest BCUT2D eigenvalue weighted by molar-refractivity contribution is 6.28. The number of pyridine rings is 2. The van der Waals surface area contributed by atoms with Crippen molar-refractivity contribution in [2.24, 2.45) is 7.05 Å². The van der Waals surface area contributed by atoms with Crippen molar-refractivity contribution in [1.29, 1.82) is 0 Å². The molecule has 1 aromatic carbocycles. The second-order valence-corrected chi connectivity index (χ2v) is 8.55. The van der Waals surface area contributed by atoms with Gasteiger partial charge in [0.05, 0.1) is 17.9 Å². The zero-order chi connectivity index (χ0) is 22.4. The normalized spacial score (nSPS) is 17.8. The first-order valence-electron chi connectivity index (χ1n) is 10.7. The zero-order valence-electron chi connectivity index (χ0n) is 17.9. The Bertz CT molecular complexity index is 1440. The summed E-state index contributed by atoms with van der Waals surface area (Å²) in [5.74, 6) is 1.23. The van der Waals surface area contributed by atoms with Gasteiger partial charge in [-0.25, -0.2) is 15.0 Å². The van der Waals surface area contributed by atoms with Gasteiger partial charge in [0, 0.05) is 66.4 Å². The summed E-state index contributed by atoms with van der Waals surface area (Å²) in [6.45, 7) is 0. The highest BCUT2D eigenvalue weighted by Gasteiger charge is 2.33. The monoisotopic (exact) mass is 457 g/mol. The largest absolute Gasteiger partial charge is 0.487 e. The minimum atomic E-state index is 0.0850. The topological polar surface area (TPSA) is 75.0 Å². The number of nitrogens with zero attached hydrogens (tertiary/aromatic N) is 5. The third kappa shape index (κ3) is 3.74. The van der Waals surface area contributed by atoms with E-state index in [0.717, 1.165) is 29.4 Å². The molecule has 1 aliphatic carbocycles. The van der Waals surface area contributed by atoms with Crippen molar-refractivity contribution in [2.75, 3.05) is 0 Å². The average Bonchev–Trinajstić information content (AvgIpc) is 3.11. The maximum Gasteiger partial charge on any atom is 0.222 e. The zero-order valence-corrected chi connectivity index (χ0v) is 18.6. The fourth-order valence-electron chi connectivity index (χ4n) is 4.29. The van der Waals surface area contributed by atoms with Gasteiger partial charge in [-0.05, 0) is 35.4 Å². The van der Waals surface area contributed by atoms with E-state index in [4.69, 9.17) is 21.1 Å². The van der Waals surface area contributed by atoms with Crippen molar-refractivity contribution < 1.29 is 9.47 Å². The van der Waals surface area contributed by atoms with Crippen LogP contribution < -0.4 is 9.47 Å². The third-order valence-corrected chi connectivity index (χ3v) is 6.31. The highest BCUT2D eigenvalue weighted by Crippen LogP contribution is 2.32. The van der Waals surface area contributed by atoms with E-state index in [0.29, 0.717) is 11.6 Å². The summed E-state index contributed by atoms with van der Waals surface area (Å²) in [5.41, 5.74) is 4.50. The van der Waals surface area contributed by atoms with Gasteiger partial charge in [-0.3, -0.25) is 4.98 Å². The molecular weight excluding hydrogens is 438 g/mol. The molecule has 0 radical (unpaired) electrons. The van der Waals surface area contributed by atoms with E-state index in [-0.39, 0.29) is 17.5 Å². The average molecular weight is 458 g/mol. The third-order valence-electron chi connectivity index (χ3n) is 6.12. The SMILES string of the molecule is Cn1c2ccncc2c2ccc(-c3ccc(O[C@H]4C[C@H](Oc5cnc(Cl)nc5)C4)nc3)cc21. The van der Waals surface area contributed by atoms with E-state index in [1.54, 1.807) is 12.4 Å². The van der Waals surface area contributed by atoms with E-state index in [1.807, 2.05) is 36.8 Å². The van der Waals surface area contributed by atoms with Gasteiger partial charge in [0.1, 0.15) is 12.2 Å². The first kappa shape index (κ1) is 19.9. The number of benzene rings is 1. The smallest absolute Gasteiger partial charge is 0.222 e. The molecule has 0 N–H and O–H groups in total. The molecular formula is C25H20ClN5O2. The van der Waals surface area contributed by atoms with E-state index in [2.05, 4.69) is 49.7 Å². The molecule has 33 heavy (non-hydrogen) atoms. The van der Waals surface area contributed by atoms with Crippen molar-refractivity contribution in [3.8, 4) is 22.8 Å². The Labute approximate surface area is 195 Å². The van der Waals surface area contributed by atoms with Crippen molar-refractivity contribution in [3.05, 3.63) is 72.7 Å². The van der Waals surface area contributed by atoms with E-state index in [1.165, 1.54) is 16.4 Å². The molecule has 1 fully saturated rings. The summed E-state index contributed by atoms with van der Waals surface area (Å²) in [7, 11) is 2.08. The number of aromatic nitrogens is 5. The fraction of sp³-hybridized carbons (Fsp3) is 0.200. The van der Waals surface area contributed by atoms with Crippen LogP contribution >= 0.6 is 11.6 Å². The lowest BCUT2D eigenvalue weighted by molar-refractivity contribution is 0.00190. The highest BCUT2D eigenvalue weighted by atomic mass is 35.5. The van der Waals surface area contributed by atoms with Gasteiger partial charge in [0.2, 0.25) is 11.2 Å². The van der Waals surface area contributed by atoms with E-state index >= 15 is 0 Å². The van der Waals surface area contributed by atoms with Gasteiger partial charge in [-0.2, -0.15) is 0 Å². The minimum Gasteiger partial charge on any atom is -0.487 e. The predicted molar refractivity (Wildman–Crippen MR) is 127 cm³/mol. The Balaban J connectivity index is 1.13. The molecule has 0 amide bonds. The summed E-state index contributed by atoms with van der Waals surface area (Å²) >= 11 is 5.70. The summed E-state index contributed by atoms with van der Waals surface area (Å²) < 4.78 is 14.0. The summed E-state index contributed by atoms with van der Waals surface area (Å²) in [6, 6.07) is 12.5. The lowest BCUT2D eigenvalue weighted by atomic mass is 9.92. The van der Waals surface area contributed by atoms with Gasteiger partial charge in [-0.1, -0.05) is 12.1 Å². The van der Waals surface area contributed by atoms with Crippen LogP contribution in [0.2, 0.25) is 5.28 Å². The first-order chi connectivity index (χ1) is 16.1. The van der Waals surface area contributed by atoms with Crippen LogP contribution in [0.3, 0.4) is 0 Å². The molecule has 4 heterocycles. The van der Waals surface area contributed by atoms with Crippen molar-refractivity contribution >= 4 is 33.4 Å². The number of hydrogen-bond acceptors (Lipinski definition) is 6. The van der Waals surface area contributed by atoms with Crippen LogP contribution in [0.25, 0.3) is 32.9 Å². The van der Waals surface area contributed by atoms with Crippen LogP contribution in [0.15, 0.2) is 67.4 Å². The van der Waals surface area contributed by atoms with Crippen molar-refractivity contribution in [2.45, 2.75) is 25.0 Å². The Kier molecular flexibility index (Phi) is 4.84. The molecule has 1 saturated carbocycles. The molecule has 7 nitrogen and oxygen atoms in total. The quantitative estimate of drug-likeness (QED) is 0.337. The van der Waals surface area contributed by atoms with Gasteiger partial charge < -0.3 is 14.0 Å². The molecule has 6 rings (SSSR count). The first-order valence-corrected chi connectivity index (χ1v) is 11.1. The summed E-state index contributed by atoms with van der Waals surface area (Å²) in [5, 5.41) is 2.57. The Morgan fingerprint density at radius 3 is 2.39 bits per heavy atom. The van der Waals surface area contributed by atoms with Crippen LogP contribution in [0.5, 0.6) is 11.6 Å². The minimum absolute atomic E-state index is 0.0850. The van der Waals surface area contributed by atoms with Crippen LogP contribution in [0.1, 0.15) is 12.8 Å². The van der Waals surface area contributed by atoms with E-state index < -0.39 is 0 Å². The van der Waals surface area contributed by atoms with Gasteiger partial charge in [0.25, 0.3) is 0 Å². The Morgan fingerprint density at radius 1 is 0.818 bits per heavy atom. The molecule has 8 heteroatoms. The molecule has 0 saturated heterocycles. The maximum absolute atomic E-state index is 6.00. The van der Waals surface area contributed by atoms with Crippen molar-refractivity contribution in [1.82, 2.24) is 24.5 Å². The number of hydrogen-bond donors (Lipinski definition) is 0. The molecule has 0 spiro atoms. The molecule has 0 atom stereocenters. The van der Waals surface area contributed by atoms with Crippen LogP contribution in [0.4, 0.5) is 0 Å². The van der Waals surface area contributed by atoms with E-state index in [9.17, 15) is 0 Å². The number of halogens is 1. The van der Waals surface area contributed by atoms with Gasteiger partial charge in [-0.15, -0.1) is 0 Å². The second-order valence-electron chi connectivity index (χ2n) is 8.21. The summed E-state index contributed by atoms with van der Waals surface area (Å²) in [6.07, 6.45) is 10.5. The van der Waals surface area contributed by atoms with Gasteiger partial charge in [0.15, 0.2) is 5.75 Å². The lowest BCUT2D eigenvalue weighted by Gasteiger charge is -2.34. The Hall–Kier alpha value is -3.71. The number of fused-ring (bicyclic) bond motifs is 3. The second kappa shape index (κ2) is 8.01. The molecule has 1 aliphatic rings. The van der Waals surface area contributed by atoms with Crippen LogP contribution in [-0.4, -0.2) is 36.7 Å². The molecule has 0 unspecified atom stereocenters. The Morgan fingerprint density at radius 2 is 1.61 bits per heavy atom. The molecule has 5 aromatic rings. The number of rotatable bonds is 5. The molecule has 0 aliphatic heterocycles. The summed E-state index contributed by atoms with van der Waals surface area (Å²) in [4.78, 5) is 16.7. The predicted octanol–water partition coefficient (Wildman–Crippen LogP) is 5.22. The van der Waals surface area contributed by atoms with Crippen molar-refractivity contribution in [3.63, 3.8) is 0 Å². The molecule has 164 valence electrons. The van der Waals surface area contributed by atoms with Crippen LogP contribution in [-0.2, 0) is 7.05 Å². The fourth-order valence-corrected chi connectivity index (χ4v) is 4.39.